The third-order valence-corrected chi connectivity index (χ3v) is 2.88. The van der Waals surface area contributed by atoms with Crippen LogP contribution in [0.5, 0.6) is 0 Å². The molecule has 0 radical (unpaired) electrons. The van der Waals surface area contributed by atoms with Crippen LogP contribution in [0.15, 0.2) is 42.5 Å². The highest BCUT2D eigenvalue weighted by atomic mass is 16.1. The lowest BCUT2D eigenvalue weighted by molar-refractivity contribution is -0.111. The summed E-state index contributed by atoms with van der Waals surface area (Å²) < 4.78 is 0. The zero-order valence-electron chi connectivity index (χ0n) is 8.10. The molecule has 0 fully saturated rings. The molecule has 0 saturated heterocycles. The molecule has 0 spiro atoms. The van der Waals surface area contributed by atoms with E-state index in [1.54, 1.807) is 0 Å². The Morgan fingerprint density at radius 2 is 1.79 bits per heavy atom. The topological polar surface area (TPSA) is 17.1 Å². The van der Waals surface area contributed by atoms with E-state index in [9.17, 15) is 4.79 Å². The standard InChI is InChI=1S/C13H14O/c14-10-12-8-4-5-9-13(12)11-6-2-1-3-7-11/h1-7,10,12-13H,8-9H2. The summed E-state index contributed by atoms with van der Waals surface area (Å²) in [5.41, 5.74) is 1.29. The van der Waals surface area contributed by atoms with Gasteiger partial charge in [-0.25, -0.2) is 0 Å². The Balaban J connectivity index is 2.24. The molecule has 1 aliphatic rings. The van der Waals surface area contributed by atoms with E-state index in [0.717, 1.165) is 19.1 Å². The molecule has 0 bridgehead atoms. The summed E-state index contributed by atoms with van der Waals surface area (Å²) in [7, 11) is 0. The summed E-state index contributed by atoms with van der Waals surface area (Å²) in [5.74, 6) is 0.557. The van der Waals surface area contributed by atoms with Crippen molar-refractivity contribution in [2.45, 2.75) is 18.8 Å². The minimum atomic E-state index is 0.169. The van der Waals surface area contributed by atoms with Crippen molar-refractivity contribution in [2.24, 2.45) is 5.92 Å². The van der Waals surface area contributed by atoms with E-state index in [1.165, 1.54) is 5.56 Å². The number of allylic oxidation sites excluding steroid dienone is 2. The summed E-state index contributed by atoms with van der Waals surface area (Å²) in [5, 5.41) is 0. The first-order chi connectivity index (χ1) is 6.92. The van der Waals surface area contributed by atoms with E-state index in [1.807, 2.05) is 18.2 Å². The quantitative estimate of drug-likeness (QED) is 0.512. The van der Waals surface area contributed by atoms with Crippen molar-refractivity contribution in [1.82, 2.24) is 0 Å². The lowest BCUT2D eigenvalue weighted by atomic mass is 9.79. The monoisotopic (exact) mass is 186 g/mol. The average molecular weight is 186 g/mol. The number of carbonyl (C=O) groups is 1. The van der Waals surface area contributed by atoms with Gasteiger partial charge in [-0.05, 0) is 24.3 Å². The zero-order chi connectivity index (χ0) is 9.80. The molecular weight excluding hydrogens is 172 g/mol. The smallest absolute Gasteiger partial charge is 0.124 e. The molecule has 0 aromatic heterocycles. The minimum absolute atomic E-state index is 0.169. The Bertz CT molecular complexity index is 326. The molecule has 0 heterocycles. The number of carbonyl (C=O) groups excluding carboxylic acids is 1. The highest BCUT2D eigenvalue weighted by molar-refractivity contribution is 5.57. The van der Waals surface area contributed by atoms with Gasteiger partial charge in [0.05, 0.1) is 0 Å². The van der Waals surface area contributed by atoms with Crippen LogP contribution in [0.2, 0.25) is 0 Å². The van der Waals surface area contributed by atoms with Gasteiger partial charge in [0.25, 0.3) is 0 Å². The van der Waals surface area contributed by atoms with Crippen LogP contribution >= 0.6 is 0 Å². The van der Waals surface area contributed by atoms with Crippen molar-refractivity contribution in [3.8, 4) is 0 Å². The molecule has 1 aromatic carbocycles. The molecule has 0 aliphatic heterocycles. The Hall–Kier alpha value is -1.37. The molecule has 1 aliphatic carbocycles. The first-order valence-electron chi connectivity index (χ1n) is 5.07. The van der Waals surface area contributed by atoms with Crippen LogP contribution in [0.1, 0.15) is 24.3 Å². The Morgan fingerprint density at radius 1 is 1.07 bits per heavy atom. The normalized spacial score (nSPS) is 26.0. The molecule has 1 heteroatoms. The summed E-state index contributed by atoms with van der Waals surface area (Å²) >= 11 is 0. The molecule has 1 nitrogen and oxygen atoms in total. The average Bonchev–Trinajstić information content (AvgIpc) is 2.30. The first-order valence-corrected chi connectivity index (χ1v) is 5.07. The third-order valence-electron chi connectivity index (χ3n) is 2.88. The van der Waals surface area contributed by atoms with Crippen molar-refractivity contribution in [1.29, 1.82) is 0 Å². The van der Waals surface area contributed by atoms with Crippen LogP contribution in [-0.2, 0) is 4.79 Å². The van der Waals surface area contributed by atoms with Gasteiger partial charge in [0.15, 0.2) is 0 Å². The van der Waals surface area contributed by atoms with Crippen molar-refractivity contribution < 1.29 is 4.79 Å². The first kappa shape index (κ1) is 9.20. The summed E-state index contributed by atoms with van der Waals surface area (Å²) in [6.45, 7) is 0. The fourth-order valence-corrected chi connectivity index (χ4v) is 2.07. The van der Waals surface area contributed by atoms with E-state index in [0.29, 0.717) is 5.92 Å². The number of aldehydes is 1. The molecule has 2 unspecified atom stereocenters. The van der Waals surface area contributed by atoms with E-state index < -0.39 is 0 Å². The highest BCUT2D eigenvalue weighted by Gasteiger charge is 2.22. The van der Waals surface area contributed by atoms with Gasteiger partial charge in [0, 0.05) is 5.92 Å². The number of rotatable bonds is 2. The molecule has 0 saturated carbocycles. The minimum Gasteiger partial charge on any atom is -0.303 e. The van der Waals surface area contributed by atoms with Crippen LogP contribution < -0.4 is 0 Å². The van der Waals surface area contributed by atoms with Gasteiger partial charge >= 0.3 is 0 Å². The van der Waals surface area contributed by atoms with Gasteiger partial charge in [-0.1, -0.05) is 42.5 Å². The largest absolute Gasteiger partial charge is 0.303 e. The van der Waals surface area contributed by atoms with Gasteiger partial charge < -0.3 is 4.79 Å². The molecule has 1 aromatic rings. The zero-order valence-corrected chi connectivity index (χ0v) is 8.10. The van der Waals surface area contributed by atoms with Crippen molar-refractivity contribution in [3.63, 3.8) is 0 Å². The van der Waals surface area contributed by atoms with Crippen LogP contribution in [0.4, 0.5) is 0 Å². The number of hydrogen-bond acceptors (Lipinski definition) is 1. The Morgan fingerprint density at radius 3 is 2.50 bits per heavy atom. The Kier molecular flexibility index (Phi) is 2.78. The van der Waals surface area contributed by atoms with Crippen molar-refractivity contribution in [3.05, 3.63) is 48.0 Å². The SMILES string of the molecule is O=CC1CC=CCC1c1ccccc1. The Labute approximate surface area is 84.5 Å². The van der Waals surface area contributed by atoms with Crippen molar-refractivity contribution in [2.75, 3.05) is 0 Å². The van der Waals surface area contributed by atoms with Crippen LogP contribution in [0.25, 0.3) is 0 Å². The van der Waals surface area contributed by atoms with Crippen LogP contribution in [0.3, 0.4) is 0 Å². The lowest BCUT2D eigenvalue weighted by Crippen LogP contribution is -2.16. The molecular formula is C13H14O. The summed E-state index contributed by atoms with van der Waals surface area (Å²) in [6.07, 6.45) is 7.27. The van der Waals surface area contributed by atoms with Crippen LogP contribution in [0, 0.1) is 5.92 Å². The predicted molar refractivity (Wildman–Crippen MR) is 57.1 cm³/mol. The molecule has 0 amide bonds. The molecule has 14 heavy (non-hydrogen) atoms. The number of hydrogen-bond donors (Lipinski definition) is 0. The third kappa shape index (κ3) is 1.77. The van der Waals surface area contributed by atoms with Gasteiger partial charge in [0.2, 0.25) is 0 Å². The van der Waals surface area contributed by atoms with Gasteiger partial charge in [-0.3, -0.25) is 0 Å². The van der Waals surface area contributed by atoms with Crippen LogP contribution in [-0.4, -0.2) is 6.29 Å². The van der Waals surface area contributed by atoms with E-state index in [-0.39, 0.29) is 5.92 Å². The maximum atomic E-state index is 10.9. The fraction of sp³-hybridized carbons (Fsp3) is 0.308. The van der Waals surface area contributed by atoms with E-state index in [2.05, 4.69) is 24.3 Å². The van der Waals surface area contributed by atoms with Gasteiger partial charge in [-0.2, -0.15) is 0 Å². The fourth-order valence-electron chi connectivity index (χ4n) is 2.07. The second-order valence-corrected chi connectivity index (χ2v) is 3.76. The van der Waals surface area contributed by atoms with E-state index in [4.69, 9.17) is 0 Å². The number of benzene rings is 1. The maximum Gasteiger partial charge on any atom is 0.124 e. The molecule has 2 atom stereocenters. The second-order valence-electron chi connectivity index (χ2n) is 3.76. The van der Waals surface area contributed by atoms with Gasteiger partial charge in [-0.15, -0.1) is 0 Å². The maximum absolute atomic E-state index is 10.9. The highest BCUT2D eigenvalue weighted by Crippen LogP contribution is 2.32. The summed E-state index contributed by atoms with van der Waals surface area (Å²) in [6, 6.07) is 10.3. The summed E-state index contributed by atoms with van der Waals surface area (Å²) in [4.78, 5) is 10.9. The predicted octanol–water partition coefficient (Wildman–Crippen LogP) is 2.94. The lowest BCUT2D eigenvalue weighted by Gasteiger charge is -2.24. The van der Waals surface area contributed by atoms with Gasteiger partial charge in [0.1, 0.15) is 6.29 Å². The molecule has 72 valence electrons. The van der Waals surface area contributed by atoms with Crippen molar-refractivity contribution >= 4 is 6.29 Å². The second kappa shape index (κ2) is 4.23. The van der Waals surface area contributed by atoms with E-state index >= 15 is 0 Å². The molecule has 2 rings (SSSR count). The molecule has 0 N–H and O–H groups in total.